The Kier molecular flexibility index (Phi) is 2.65. The van der Waals surface area contributed by atoms with Gasteiger partial charge in [0.2, 0.25) is 5.95 Å². The Bertz CT molecular complexity index is 532. The number of hydrogen-bond donors (Lipinski definition) is 2. The largest absolute Gasteiger partial charge is 0.350 e. The monoisotopic (exact) mass is 228 g/mol. The smallest absolute Gasteiger partial charge is 0.223 e. The van der Waals surface area contributed by atoms with Crippen LogP contribution in [0.2, 0.25) is 0 Å². The molecule has 1 aromatic carbocycles. The molecule has 17 heavy (non-hydrogen) atoms. The number of aryl methyl sites for hydroxylation is 1. The molecule has 88 valence electrons. The Morgan fingerprint density at radius 2 is 2.35 bits per heavy atom. The molecule has 1 aromatic heterocycles. The Balaban J connectivity index is 1.88. The average molecular weight is 228 g/mol. The number of benzene rings is 1. The van der Waals surface area contributed by atoms with E-state index < -0.39 is 0 Å². The van der Waals surface area contributed by atoms with Crippen molar-refractivity contribution in [2.24, 2.45) is 0 Å². The van der Waals surface area contributed by atoms with E-state index in [9.17, 15) is 0 Å². The minimum Gasteiger partial charge on any atom is -0.350 e. The van der Waals surface area contributed by atoms with Gasteiger partial charge in [-0.1, -0.05) is 11.6 Å². The maximum absolute atomic E-state index is 4.53. The average Bonchev–Trinajstić information content (AvgIpc) is 2.82. The van der Waals surface area contributed by atoms with E-state index in [4.69, 9.17) is 0 Å². The summed E-state index contributed by atoms with van der Waals surface area (Å²) < 4.78 is 0. The maximum Gasteiger partial charge on any atom is 0.223 e. The van der Waals surface area contributed by atoms with E-state index in [0.29, 0.717) is 6.04 Å². The highest BCUT2D eigenvalue weighted by atomic mass is 15.1. The van der Waals surface area contributed by atoms with Crippen LogP contribution in [0.5, 0.6) is 0 Å². The molecule has 0 saturated carbocycles. The van der Waals surface area contributed by atoms with Gasteiger partial charge in [-0.05, 0) is 32.0 Å². The second kappa shape index (κ2) is 4.30. The normalized spacial score (nSPS) is 19.7. The van der Waals surface area contributed by atoms with E-state index in [1.807, 2.05) is 12.3 Å². The van der Waals surface area contributed by atoms with Crippen LogP contribution in [0.3, 0.4) is 0 Å². The predicted molar refractivity (Wildman–Crippen MR) is 69.2 cm³/mol. The van der Waals surface area contributed by atoms with Gasteiger partial charge in [-0.3, -0.25) is 0 Å². The molecule has 2 aromatic rings. The minimum atomic E-state index is 0.456. The van der Waals surface area contributed by atoms with E-state index in [1.165, 1.54) is 5.56 Å². The van der Waals surface area contributed by atoms with Crippen LogP contribution in [0.25, 0.3) is 10.9 Å². The molecule has 2 heterocycles. The van der Waals surface area contributed by atoms with Gasteiger partial charge < -0.3 is 10.6 Å². The zero-order valence-corrected chi connectivity index (χ0v) is 9.90. The fourth-order valence-electron chi connectivity index (χ4n) is 2.18. The Labute approximate surface area is 100 Å². The van der Waals surface area contributed by atoms with Crippen molar-refractivity contribution in [1.29, 1.82) is 0 Å². The first-order valence-corrected chi connectivity index (χ1v) is 6.02. The van der Waals surface area contributed by atoms with Gasteiger partial charge in [0.15, 0.2) is 0 Å². The zero-order valence-electron chi connectivity index (χ0n) is 9.90. The number of nitrogens with zero attached hydrogens (tertiary/aromatic N) is 2. The summed E-state index contributed by atoms with van der Waals surface area (Å²) in [5.41, 5.74) is 2.24. The molecule has 1 atom stereocenters. The second-order valence-electron chi connectivity index (χ2n) is 4.59. The van der Waals surface area contributed by atoms with Crippen molar-refractivity contribution >= 4 is 16.9 Å². The van der Waals surface area contributed by atoms with Crippen LogP contribution in [-0.4, -0.2) is 29.1 Å². The van der Waals surface area contributed by atoms with Crippen LogP contribution in [0.4, 0.5) is 5.95 Å². The van der Waals surface area contributed by atoms with Gasteiger partial charge in [-0.2, -0.15) is 0 Å². The lowest BCUT2D eigenvalue weighted by molar-refractivity contribution is 0.782. The third-order valence-electron chi connectivity index (χ3n) is 3.13. The van der Waals surface area contributed by atoms with E-state index in [1.54, 1.807) is 0 Å². The lowest BCUT2D eigenvalue weighted by Gasteiger charge is -2.11. The summed E-state index contributed by atoms with van der Waals surface area (Å²) >= 11 is 0. The fourth-order valence-corrected chi connectivity index (χ4v) is 2.18. The SMILES string of the molecule is Cc1ccc2nc(NC3CCNC3)ncc2c1. The lowest BCUT2D eigenvalue weighted by atomic mass is 10.2. The molecular formula is C13H16N4. The van der Waals surface area contributed by atoms with Crippen molar-refractivity contribution < 1.29 is 0 Å². The first-order chi connectivity index (χ1) is 8.31. The van der Waals surface area contributed by atoms with Crippen LogP contribution < -0.4 is 10.6 Å². The van der Waals surface area contributed by atoms with Crippen LogP contribution >= 0.6 is 0 Å². The van der Waals surface area contributed by atoms with Gasteiger partial charge >= 0.3 is 0 Å². The van der Waals surface area contributed by atoms with Gasteiger partial charge in [0.1, 0.15) is 0 Å². The summed E-state index contributed by atoms with van der Waals surface area (Å²) in [5.74, 6) is 0.732. The number of hydrogen-bond acceptors (Lipinski definition) is 4. The lowest BCUT2D eigenvalue weighted by Crippen LogP contribution is -2.23. The molecule has 1 aliphatic heterocycles. The Morgan fingerprint density at radius 1 is 1.41 bits per heavy atom. The number of fused-ring (bicyclic) bond motifs is 1. The van der Waals surface area contributed by atoms with Crippen molar-refractivity contribution in [3.63, 3.8) is 0 Å². The number of aromatic nitrogens is 2. The van der Waals surface area contributed by atoms with Gasteiger partial charge in [-0.15, -0.1) is 0 Å². The van der Waals surface area contributed by atoms with E-state index in [2.05, 4.69) is 39.7 Å². The van der Waals surface area contributed by atoms with Crippen LogP contribution in [0, 0.1) is 6.92 Å². The summed E-state index contributed by atoms with van der Waals surface area (Å²) in [7, 11) is 0. The fraction of sp³-hybridized carbons (Fsp3) is 0.385. The van der Waals surface area contributed by atoms with Crippen molar-refractivity contribution in [2.75, 3.05) is 18.4 Å². The number of nitrogens with one attached hydrogen (secondary N) is 2. The molecule has 1 fully saturated rings. The first-order valence-electron chi connectivity index (χ1n) is 6.02. The highest BCUT2D eigenvalue weighted by molar-refractivity contribution is 5.79. The van der Waals surface area contributed by atoms with Crippen LogP contribution in [0.15, 0.2) is 24.4 Å². The molecule has 2 N–H and O–H groups in total. The van der Waals surface area contributed by atoms with Gasteiger partial charge in [0.05, 0.1) is 5.52 Å². The van der Waals surface area contributed by atoms with Gasteiger partial charge in [0.25, 0.3) is 0 Å². The summed E-state index contributed by atoms with van der Waals surface area (Å²) in [5, 5.41) is 7.78. The van der Waals surface area contributed by atoms with Crippen molar-refractivity contribution in [3.8, 4) is 0 Å². The third-order valence-corrected chi connectivity index (χ3v) is 3.13. The van der Waals surface area contributed by atoms with E-state index in [0.717, 1.165) is 36.4 Å². The predicted octanol–water partition coefficient (Wildman–Crippen LogP) is 1.71. The van der Waals surface area contributed by atoms with Crippen molar-refractivity contribution in [1.82, 2.24) is 15.3 Å². The van der Waals surface area contributed by atoms with E-state index >= 15 is 0 Å². The molecule has 4 nitrogen and oxygen atoms in total. The topological polar surface area (TPSA) is 49.8 Å². The maximum atomic E-state index is 4.53. The molecule has 1 saturated heterocycles. The molecule has 0 bridgehead atoms. The van der Waals surface area contributed by atoms with E-state index in [-0.39, 0.29) is 0 Å². The zero-order chi connectivity index (χ0) is 11.7. The molecule has 0 radical (unpaired) electrons. The summed E-state index contributed by atoms with van der Waals surface area (Å²) in [6.07, 6.45) is 3.02. The van der Waals surface area contributed by atoms with Gasteiger partial charge in [0, 0.05) is 24.2 Å². The molecular weight excluding hydrogens is 212 g/mol. The van der Waals surface area contributed by atoms with Crippen LogP contribution in [0.1, 0.15) is 12.0 Å². The summed E-state index contributed by atoms with van der Waals surface area (Å²) in [4.78, 5) is 8.89. The molecule has 0 spiro atoms. The molecule has 3 rings (SSSR count). The first kappa shape index (κ1) is 10.5. The number of anilines is 1. The third kappa shape index (κ3) is 2.22. The Hall–Kier alpha value is -1.68. The number of rotatable bonds is 2. The summed E-state index contributed by atoms with van der Waals surface area (Å²) in [6.45, 7) is 4.15. The molecule has 0 aliphatic carbocycles. The van der Waals surface area contributed by atoms with Crippen LogP contribution in [-0.2, 0) is 0 Å². The second-order valence-corrected chi connectivity index (χ2v) is 4.59. The van der Waals surface area contributed by atoms with Gasteiger partial charge in [-0.25, -0.2) is 9.97 Å². The van der Waals surface area contributed by atoms with Crippen molar-refractivity contribution in [3.05, 3.63) is 30.0 Å². The highest BCUT2D eigenvalue weighted by Crippen LogP contribution is 2.15. The Morgan fingerprint density at radius 3 is 3.18 bits per heavy atom. The summed E-state index contributed by atoms with van der Waals surface area (Å²) in [6, 6.07) is 6.69. The van der Waals surface area contributed by atoms with Crippen molar-refractivity contribution in [2.45, 2.75) is 19.4 Å². The minimum absolute atomic E-state index is 0.456. The highest BCUT2D eigenvalue weighted by Gasteiger charge is 2.14. The molecule has 4 heteroatoms. The molecule has 1 aliphatic rings. The quantitative estimate of drug-likeness (QED) is 0.821. The molecule has 0 amide bonds. The molecule has 1 unspecified atom stereocenters. The standard InChI is InChI=1S/C13H16N4/c1-9-2-3-12-10(6-9)7-15-13(17-12)16-11-4-5-14-8-11/h2-3,6-7,11,14H,4-5,8H2,1H3,(H,15,16,17).